The summed E-state index contributed by atoms with van der Waals surface area (Å²) in [5.74, 6) is 0.945. The molecule has 0 aliphatic heterocycles. The molecule has 1 unspecified atom stereocenters. The number of aromatic nitrogens is 5. The van der Waals surface area contributed by atoms with E-state index in [1.807, 2.05) is 12.1 Å². The van der Waals surface area contributed by atoms with Crippen LogP contribution >= 0.6 is 0 Å². The van der Waals surface area contributed by atoms with Crippen LogP contribution in [0.1, 0.15) is 58.2 Å². The Bertz CT molecular complexity index is 1810. The van der Waals surface area contributed by atoms with Crippen molar-refractivity contribution in [2.24, 2.45) is 0 Å². The second kappa shape index (κ2) is 15.6. The summed E-state index contributed by atoms with van der Waals surface area (Å²) in [5, 5.41) is 31.9. The van der Waals surface area contributed by atoms with E-state index in [2.05, 4.69) is 107 Å². The number of benzene rings is 2. The predicted molar refractivity (Wildman–Crippen MR) is 193 cm³/mol. The fourth-order valence-corrected chi connectivity index (χ4v) is 11.0. The van der Waals surface area contributed by atoms with Crippen molar-refractivity contribution in [1.82, 2.24) is 24.7 Å². The third-order valence-corrected chi connectivity index (χ3v) is 13.6. The topological polar surface area (TPSA) is 157 Å². The molecule has 0 bridgehead atoms. The average molecular weight is 684 g/mol. The number of ether oxygens (including phenoxy) is 1. The Labute approximate surface area is 287 Å². The lowest BCUT2D eigenvalue weighted by molar-refractivity contribution is 0.209. The van der Waals surface area contributed by atoms with Crippen LogP contribution in [0.25, 0.3) is 11.0 Å². The van der Waals surface area contributed by atoms with Crippen molar-refractivity contribution >= 4 is 47.6 Å². The molecule has 0 aliphatic carbocycles. The molecule has 0 saturated heterocycles. The normalized spacial score (nSPS) is 12.5. The molecule has 0 aliphatic rings. The smallest absolute Gasteiger partial charge is 0.411 e. The van der Waals surface area contributed by atoms with Gasteiger partial charge in [0.15, 0.2) is 5.82 Å². The van der Waals surface area contributed by atoms with Gasteiger partial charge >= 0.3 is 6.09 Å². The molecule has 5 rings (SSSR count). The molecule has 1 amide bonds. The number of hydrogen-bond donors (Lipinski definition) is 4. The SMILES string of the molecule is CCCC(CCO[Si](c1ccccc1)(c1ccccc1)C(C)(C)C)Nc1nc(NC(=O)O)nc2cnn(Cc3cc(CO)ncc3OC)c12. The van der Waals surface area contributed by atoms with Gasteiger partial charge in [-0.05, 0) is 34.3 Å². The zero-order valence-corrected chi connectivity index (χ0v) is 29.7. The number of amides is 1. The molecule has 0 fully saturated rings. The Morgan fingerprint density at radius 3 is 2.24 bits per heavy atom. The lowest BCUT2D eigenvalue weighted by Crippen LogP contribution is -2.66. The maximum atomic E-state index is 11.6. The Balaban J connectivity index is 1.49. The number of hydrogen-bond acceptors (Lipinski definition) is 9. The number of methoxy groups -OCH3 is 1. The average Bonchev–Trinajstić information content (AvgIpc) is 3.49. The van der Waals surface area contributed by atoms with Crippen molar-refractivity contribution in [2.75, 3.05) is 24.4 Å². The van der Waals surface area contributed by atoms with Gasteiger partial charge in [0, 0.05) is 18.2 Å². The van der Waals surface area contributed by atoms with E-state index < -0.39 is 14.4 Å². The summed E-state index contributed by atoms with van der Waals surface area (Å²) in [6, 6.07) is 22.8. The first kappa shape index (κ1) is 35.5. The summed E-state index contributed by atoms with van der Waals surface area (Å²) >= 11 is 0. The van der Waals surface area contributed by atoms with Gasteiger partial charge in [0.25, 0.3) is 8.32 Å². The first-order valence-electron chi connectivity index (χ1n) is 16.5. The first-order chi connectivity index (χ1) is 23.6. The second-order valence-electron chi connectivity index (χ2n) is 12.9. The van der Waals surface area contributed by atoms with Crippen molar-refractivity contribution in [3.63, 3.8) is 0 Å². The van der Waals surface area contributed by atoms with E-state index in [0.29, 0.717) is 41.3 Å². The summed E-state index contributed by atoms with van der Waals surface area (Å²) in [6.45, 7) is 9.47. The van der Waals surface area contributed by atoms with Gasteiger partial charge in [0.2, 0.25) is 5.95 Å². The Hall–Kier alpha value is -4.85. The fraction of sp³-hybridized carbons (Fsp3) is 0.361. The number of aliphatic hydroxyl groups is 1. The zero-order chi connectivity index (χ0) is 35.0. The van der Waals surface area contributed by atoms with Gasteiger partial charge in [0.05, 0.1) is 38.3 Å². The highest BCUT2D eigenvalue weighted by molar-refractivity contribution is 6.99. The quantitative estimate of drug-likeness (QED) is 0.105. The Morgan fingerprint density at radius 2 is 1.67 bits per heavy atom. The van der Waals surface area contributed by atoms with Gasteiger partial charge in [-0.25, -0.2) is 9.78 Å². The van der Waals surface area contributed by atoms with E-state index in [-0.39, 0.29) is 30.2 Å². The standard InChI is InChI=1S/C36H45N7O5Si/c1-6-13-26(18-19-48-49(36(2,3)4,28-14-9-7-10-15-28)29-16-11-8-12-17-29)39-33-32-30(40-34(41-33)42-35(45)46)21-38-43(32)23-25-20-27(24-44)37-22-31(25)47-5/h7-12,14-17,20-22,26,44H,6,13,18-19,23-24H2,1-5H3,(H,45,46)(H2,39,40,41,42). The number of nitrogens with one attached hydrogen (secondary N) is 2. The van der Waals surface area contributed by atoms with E-state index in [0.717, 1.165) is 18.4 Å². The van der Waals surface area contributed by atoms with E-state index in [9.17, 15) is 15.0 Å². The zero-order valence-electron chi connectivity index (χ0n) is 28.7. The van der Waals surface area contributed by atoms with Gasteiger partial charge in [-0.3, -0.25) is 15.0 Å². The number of fused-ring (bicyclic) bond motifs is 1. The summed E-state index contributed by atoms with van der Waals surface area (Å²) in [6.07, 6.45) is 4.29. The van der Waals surface area contributed by atoms with Gasteiger partial charge < -0.3 is 24.7 Å². The van der Waals surface area contributed by atoms with Crippen LogP contribution in [0.2, 0.25) is 5.04 Å². The minimum Gasteiger partial charge on any atom is -0.495 e. The van der Waals surface area contributed by atoms with Crippen molar-refractivity contribution in [2.45, 2.75) is 71.2 Å². The summed E-state index contributed by atoms with van der Waals surface area (Å²) in [7, 11) is -1.18. The molecule has 0 spiro atoms. The lowest BCUT2D eigenvalue weighted by atomic mass is 10.1. The molecule has 258 valence electrons. The monoisotopic (exact) mass is 683 g/mol. The van der Waals surface area contributed by atoms with Crippen molar-refractivity contribution in [1.29, 1.82) is 0 Å². The molecular weight excluding hydrogens is 639 g/mol. The molecule has 12 nitrogen and oxygen atoms in total. The molecule has 5 aromatic rings. The van der Waals surface area contributed by atoms with Crippen molar-refractivity contribution in [3.8, 4) is 5.75 Å². The molecule has 1 atom stereocenters. The lowest BCUT2D eigenvalue weighted by Gasteiger charge is -2.43. The van der Waals surface area contributed by atoms with Crippen LogP contribution in [-0.2, 0) is 17.6 Å². The van der Waals surface area contributed by atoms with E-state index >= 15 is 0 Å². The van der Waals surface area contributed by atoms with Gasteiger partial charge in [-0.2, -0.15) is 10.1 Å². The predicted octanol–water partition coefficient (Wildman–Crippen LogP) is 5.41. The van der Waals surface area contributed by atoms with E-state index in [4.69, 9.17) is 9.16 Å². The second-order valence-corrected chi connectivity index (χ2v) is 17.2. The third-order valence-electron chi connectivity index (χ3n) is 8.59. The van der Waals surface area contributed by atoms with Crippen molar-refractivity contribution < 1.29 is 24.2 Å². The highest BCUT2D eigenvalue weighted by Crippen LogP contribution is 2.37. The molecule has 0 saturated carbocycles. The van der Waals surface area contributed by atoms with Gasteiger partial charge in [-0.1, -0.05) is 94.8 Å². The van der Waals surface area contributed by atoms with Crippen LogP contribution in [0, 0.1) is 0 Å². The number of anilines is 2. The van der Waals surface area contributed by atoms with Crippen LogP contribution in [0.15, 0.2) is 79.1 Å². The maximum absolute atomic E-state index is 11.6. The number of pyridine rings is 1. The van der Waals surface area contributed by atoms with Gasteiger partial charge in [-0.15, -0.1) is 0 Å². The highest BCUT2D eigenvalue weighted by Gasteiger charge is 2.50. The summed E-state index contributed by atoms with van der Waals surface area (Å²) in [5.41, 5.74) is 2.33. The van der Waals surface area contributed by atoms with Crippen LogP contribution in [0.3, 0.4) is 0 Å². The first-order valence-corrected chi connectivity index (χ1v) is 18.4. The van der Waals surface area contributed by atoms with Crippen LogP contribution in [0.5, 0.6) is 5.75 Å². The van der Waals surface area contributed by atoms with Crippen molar-refractivity contribution in [3.05, 3.63) is 90.4 Å². The molecule has 13 heteroatoms. The number of carbonyl (C=O) groups is 1. The number of nitrogens with zero attached hydrogens (tertiary/aromatic N) is 5. The molecule has 0 radical (unpaired) electrons. The Kier molecular flexibility index (Phi) is 11.3. The number of rotatable bonds is 15. The van der Waals surface area contributed by atoms with Gasteiger partial charge in [0.1, 0.15) is 16.8 Å². The summed E-state index contributed by atoms with van der Waals surface area (Å²) in [4.78, 5) is 24.8. The minimum atomic E-state index is -2.74. The van der Waals surface area contributed by atoms with E-state index in [1.54, 1.807) is 30.3 Å². The number of aliphatic hydroxyl groups excluding tert-OH is 1. The highest BCUT2D eigenvalue weighted by atomic mass is 28.4. The van der Waals surface area contributed by atoms with Crippen LogP contribution < -0.4 is 25.7 Å². The summed E-state index contributed by atoms with van der Waals surface area (Å²) < 4.78 is 14.5. The molecule has 2 aromatic carbocycles. The number of carboxylic acid groups (broad SMARTS) is 1. The fourth-order valence-electron chi connectivity index (χ4n) is 6.41. The molecule has 3 heterocycles. The maximum Gasteiger partial charge on any atom is 0.411 e. The third kappa shape index (κ3) is 7.90. The largest absolute Gasteiger partial charge is 0.495 e. The van der Waals surface area contributed by atoms with Crippen LogP contribution in [0.4, 0.5) is 16.6 Å². The minimum absolute atomic E-state index is 0.0510. The Morgan fingerprint density at radius 1 is 1.00 bits per heavy atom. The molecule has 49 heavy (non-hydrogen) atoms. The molecule has 3 aromatic heterocycles. The van der Waals surface area contributed by atoms with Crippen LogP contribution in [-0.4, -0.2) is 69.1 Å². The molecular formula is C36H45N7O5Si. The molecule has 4 N–H and O–H groups in total. The van der Waals surface area contributed by atoms with E-state index in [1.165, 1.54) is 10.4 Å².